The standard InChI is InChI=1S/C13H17NO5/c15-11-5-6-12(16)14(11,19)8-7-9-1-3-10(4-2-9)13(17)18/h5-6,9-10H,1-4,7-8H2,(H,17,18). The van der Waals surface area contributed by atoms with Crippen molar-refractivity contribution in [1.29, 1.82) is 0 Å². The minimum Gasteiger partial charge on any atom is -0.617 e. The summed E-state index contributed by atoms with van der Waals surface area (Å²) < 4.78 is -1.40. The summed E-state index contributed by atoms with van der Waals surface area (Å²) in [5.41, 5.74) is 0. The van der Waals surface area contributed by atoms with Crippen LogP contribution in [0.5, 0.6) is 0 Å². The van der Waals surface area contributed by atoms with Gasteiger partial charge in [-0.25, -0.2) is 14.2 Å². The molecule has 0 radical (unpaired) electrons. The van der Waals surface area contributed by atoms with Gasteiger partial charge in [0, 0.05) is 6.42 Å². The molecule has 0 aromatic rings. The van der Waals surface area contributed by atoms with Crippen molar-refractivity contribution >= 4 is 17.8 Å². The molecule has 0 unspecified atom stereocenters. The van der Waals surface area contributed by atoms with Crippen LogP contribution in [0.1, 0.15) is 32.1 Å². The van der Waals surface area contributed by atoms with Gasteiger partial charge in [0.05, 0.1) is 24.6 Å². The Morgan fingerprint density at radius 1 is 1.21 bits per heavy atom. The van der Waals surface area contributed by atoms with E-state index in [0.29, 0.717) is 19.3 Å². The predicted octanol–water partition coefficient (Wildman–Crippen LogP) is 1.21. The Kier molecular flexibility index (Phi) is 3.82. The molecule has 6 heteroatoms. The van der Waals surface area contributed by atoms with E-state index >= 15 is 0 Å². The number of rotatable bonds is 4. The molecule has 1 fully saturated rings. The normalized spacial score (nSPS) is 29.7. The van der Waals surface area contributed by atoms with Gasteiger partial charge in [0.25, 0.3) is 0 Å². The number of hydrogen-bond donors (Lipinski definition) is 1. The molecule has 19 heavy (non-hydrogen) atoms. The third kappa shape index (κ3) is 2.74. The highest BCUT2D eigenvalue weighted by Gasteiger charge is 2.38. The van der Waals surface area contributed by atoms with Gasteiger partial charge >= 0.3 is 17.8 Å². The molecule has 2 rings (SSSR count). The molecule has 0 aromatic carbocycles. The van der Waals surface area contributed by atoms with Gasteiger partial charge < -0.3 is 10.3 Å². The van der Waals surface area contributed by atoms with Gasteiger partial charge in [-0.15, -0.1) is 0 Å². The van der Waals surface area contributed by atoms with Crippen LogP contribution in [0.3, 0.4) is 0 Å². The van der Waals surface area contributed by atoms with Crippen molar-refractivity contribution < 1.29 is 24.1 Å². The molecule has 2 aliphatic rings. The second-order valence-corrected chi connectivity index (χ2v) is 5.32. The minimum atomic E-state index is -1.40. The maximum absolute atomic E-state index is 12.1. The molecule has 1 N–H and O–H groups in total. The summed E-state index contributed by atoms with van der Waals surface area (Å²) in [6, 6.07) is 0. The van der Waals surface area contributed by atoms with Gasteiger partial charge in [-0.3, -0.25) is 4.79 Å². The number of imide groups is 1. The molecular weight excluding hydrogens is 250 g/mol. The Bertz CT molecular complexity index is 416. The summed E-state index contributed by atoms with van der Waals surface area (Å²) in [6.45, 7) is -0.0347. The number of hydrogen-bond acceptors (Lipinski definition) is 4. The molecule has 6 nitrogen and oxygen atoms in total. The van der Waals surface area contributed by atoms with Gasteiger partial charge in [-0.05, 0) is 31.6 Å². The van der Waals surface area contributed by atoms with Crippen LogP contribution in [0.15, 0.2) is 12.2 Å². The fraction of sp³-hybridized carbons (Fsp3) is 0.615. The van der Waals surface area contributed by atoms with E-state index in [9.17, 15) is 19.6 Å². The van der Waals surface area contributed by atoms with Gasteiger partial charge in [-0.1, -0.05) is 0 Å². The average molecular weight is 267 g/mol. The summed E-state index contributed by atoms with van der Waals surface area (Å²) in [7, 11) is 0. The lowest BCUT2D eigenvalue weighted by Crippen LogP contribution is -2.48. The van der Waals surface area contributed by atoms with Gasteiger partial charge in [0.2, 0.25) is 0 Å². The summed E-state index contributed by atoms with van der Waals surface area (Å²) in [4.78, 5) is 33.6. The van der Waals surface area contributed by atoms with E-state index in [1.165, 1.54) is 0 Å². The molecule has 1 heterocycles. The Balaban J connectivity index is 1.83. The lowest BCUT2D eigenvalue weighted by atomic mass is 9.80. The van der Waals surface area contributed by atoms with Crippen LogP contribution in [0, 0.1) is 17.0 Å². The van der Waals surface area contributed by atoms with Crippen LogP contribution in [-0.2, 0) is 14.4 Å². The van der Waals surface area contributed by atoms with Crippen LogP contribution < -0.4 is 0 Å². The Labute approximate surface area is 110 Å². The van der Waals surface area contributed by atoms with Crippen molar-refractivity contribution in [2.45, 2.75) is 32.1 Å². The second kappa shape index (κ2) is 5.22. The number of quaternary nitrogens is 1. The Morgan fingerprint density at radius 2 is 1.74 bits per heavy atom. The minimum absolute atomic E-state index is 0.0347. The van der Waals surface area contributed by atoms with Crippen molar-refractivity contribution in [2.75, 3.05) is 6.54 Å². The first-order chi connectivity index (χ1) is 8.93. The van der Waals surface area contributed by atoms with E-state index in [4.69, 9.17) is 5.11 Å². The quantitative estimate of drug-likeness (QED) is 0.469. The van der Waals surface area contributed by atoms with E-state index in [1.54, 1.807) is 0 Å². The number of aliphatic carboxylic acids is 1. The number of carboxylic acid groups (broad SMARTS) is 1. The van der Waals surface area contributed by atoms with Crippen LogP contribution in [-0.4, -0.2) is 34.1 Å². The number of amides is 2. The fourth-order valence-electron chi connectivity index (χ4n) is 2.77. The van der Waals surface area contributed by atoms with E-state index in [1.807, 2.05) is 0 Å². The molecule has 0 spiro atoms. The predicted molar refractivity (Wildman–Crippen MR) is 65.3 cm³/mol. The first-order valence-electron chi connectivity index (χ1n) is 6.52. The Hall–Kier alpha value is -1.53. The largest absolute Gasteiger partial charge is 0.617 e. The SMILES string of the molecule is O=C(O)C1CCC(CC[N+]2([O-])C(=O)C=CC2=O)CC1. The van der Waals surface area contributed by atoms with Crippen molar-refractivity contribution in [3.8, 4) is 0 Å². The lowest BCUT2D eigenvalue weighted by Gasteiger charge is -2.34. The summed E-state index contributed by atoms with van der Waals surface area (Å²) >= 11 is 0. The first kappa shape index (κ1) is 13.9. The van der Waals surface area contributed by atoms with E-state index in [2.05, 4.69) is 0 Å². The molecule has 1 saturated carbocycles. The van der Waals surface area contributed by atoms with Crippen LogP contribution >= 0.6 is 0 Å². The zero-order valence-corrected chi connectivity index (χ0v) is 10.6. The zero-order chi connectivity index (χ0) is 14.0. The molecule has 1 aliphatic heterocycles. The maximum atomic E-state index is 12.1. The fourth-order valence-corrected chi connectivity index (χ4v) is 2.77. The van der Waals surface area contributed by atoms with Gasteiger partial charge in [0.15, 0.2) is 0 Å². The molecule has 2 amide bonds. The second-order valence-electron chi connectivity index (χ2n) is 5.32. The summed E-state index contributed by atoms with van der Waals surface area (Å²) in [5, 5.41) is 20.9. The van der Waals surface area contributed by atoms with Crippen LogP contribution in [0.2, 0.25) is 0 Å². The van der Waals surface area contributed by atoms with Crippen molar-refractivity contribution in [3.05, 3.63) is 17.4 Å². The van der Waals surface area contributed by atoms with Crippen LogP contribution in [0.25, 0.3) is 0 Å². The number of carbonyl (C=O) groups excluding carboxylic acids is 2. The van der Waals surface area contributed by atoms with Crippen LogP contribution in [0.4, 0.5) is 0 Å². The summed E-state index contributed by atoms with van der Waals surface area (Å²) in [5.74, 6) is -2.22. The molecule has 0 aromatic heterocycles. The molecule has 0 bridgehead atoms. The molecule has 1 aliphatic carbocycles. The lowest BCUT2D eigenvalue weighted by molar-refractivity contribution is -0.718. The first-order valence-corrected chi connectivity index (χ1v) is 6.52. The van der Waals surface area contributed by atoms with E-state index in [0.717, 1.165) is 25.0 Å². The highest BCUT2D eigenvalue weighted by Crippen LogP contribution is 2.32. The third-order valence-corrected chi connectivity index (χ3v) is 4.13. The van der Waals surface area contributed by atoms with E-state index in [-0.39, 0.29) is 18.4 Å². The third-order valence-electron chi connectivity index (χ3n) is 4.13. The topological polar surface area (TPSA) is 94.5 Å². The maximum Gasteiger partial charge on any atom is 0.346 e. The average Bonchev–Trinajstić information content (AvgIpc) is 2.65. The van der Waals surface area contributed by atoms with Crippen molar-refractivity contribution in [3.63, 3.8) is 0 Å². The molecule has 0 saturated heterocycles. The number of hydroxylamine groups is 3. The number of nitrogens with zero attached hydrogens (tertiary/aromatic N) is 1. The number of carboxylic acids is 1. The van der Waals surface area contributed by atoms with Crippen molar-refractivity contribution in [1.82, 2.24) is 0 Å². The number of carbonyl (C=O) groups is 3. The summed E-state index contributed by atoms with van der Waals surface area (Å²) in [6.07, 6.45) is 5.28. The van der Waals surface area contributed by atoms with Gasteiger partial charge in [-0.2, -0.15) is 0 Å². The molecule has 0 atom stereocenters. The Morgan fingerprint density at radius 3 is 2.21 bits per heavy atom. The highest BCUT2D eigenvalue weighted by atomic mass is 16.6. The zero-order valence-electron chi connectivity index (χ0n) is 10.6. The molecular formula is C13H17NO5. The van der Waals surface area contributed by atoms with Gasteiger partial charge in [0.1, 0.15) is 0 Å². The van der Waals surface area contributed by atoms with E-state index < -0.39 is 22.4 Å². The highest BCUT2D eigenvalue weighted by molar-refractivity contribution is 6.04. The molecule has 104 valence electrons. The smallest absolute Gasteiger partial charge is 0.346 e. The van der Waals surface area contributed by atoms with Crippen molar-refractivity contribution in [2.24, 2.45) is 11.8 Å². The monoisotopic (exact) mass is 267 g/mol.